The number of carbonyl (C=O) groups is 3. The molecular weight excluding hydrogens is 434 g/mol. The van der Waals surface area contributed by atoms with Crippen molar-refractivity contribution in [2.24, 2.45) is 0 Å². The van der Waals surface area contributed by atoms with Crippen LogP contribution in [0, 0.1) is 17.0 Å². The van der Waals surface area contributed by atoms with Gasteiger partial charge in [0.25, 0.3) is 17.5 Å². The van der Waals surface area contributed by atoms with Crippen LogP contribution in [0.25, 0.3) is 6.08 Å². The molecule has 1 N–H and O–H groups in total. The van der Waals surface area contributed by atoms with Gasteiger partial charge in [0.2, 0.25) is 0 Å². The number of nitrogens with zero attached hydrogens (tertiary/aromatic N) is 2. The summed E-state index contributed by atoms with van der Waals surface area (Å²) in [6.07, 6.45) is 1.09. The summed E-state index contributed by atoms with van der Waals surface area (Å²) in [6.45, 7) is 1.77. The second kappa shape index (κ2) is 7.24. The van der Waals surface area contributed by atoms with Crippen LogP contribution in [0.1, 0.15) is 11.1 Å². The highest BCUT2D eigenvalue weighted by Gasteiger charge is 2.37. The van der Waals surface area contributed by atoms with Gasteiger partial charge in [-0.1, -0.05) is 28.1 Å². The molecule has 9 nitrogen and oxygen atoms in total. The number of amides is 4. The van der Waals surface area contributed by atoms with Gasteiger partial charge in [-0.2, -0.15) is 0 Å². The minimum Gasteiger partial charge on any atom is -0.868 e. The molecule has 142 valence electrons. The number of hydrogen-bond donors (Lipinski definition) is 1. The maximum atomic E-state index is 12.8. The molecule has 28 heavy (non-hydrogen) atoms. The minimum atomic E-state index is -0.936. The van der Waals surface area contributed by atoms with E-state index in [0.29, 0.717) is 0 Å². The topological polar surface area (TPSA) is 133 Å². The van der Waals surface area contributed by atoms with Gasteiger partial charge >= 0.3 is 6.03 Å². The van der Waals surface area contributed by atoms with Crippen molar-refractivity contribution in [2.75, 3.05) is 4.90 Å². The van der Waals surface area contributed by atoms with E-state index in [9.17, 15) is 29.6 Å². The first-order valence-electron chi connectivity index (χ1n) is 7.82. The molecule has 2 aromatic rings. The van der Waals surface area contributed by atoms with Crippen LogP contribution in [0.4, 0.5) is 16.2 Å². The number of benzene rings is 2. The summed E-state index contributed by atoms with van der Waals surface area (Å²) in [5.41, 5.74) is 0.0402. The van der Waals surface area contributed by atoms with Gasteiger partial charge in [0.15, 0.2) is 0 Å². The predicted molar refractivity (Wildman–Crippen MR) is 100 cm³/mol. The van der Waals surface area contributed by atoms with Gasteiger partial charge in [-0.25, -0.2) is 9.69 Å². The summed E-state index contributed by atoms with van der Waals surface area (Å²) >= 11 is 3.32. The Bertz CT molecular complexity index is 1080. The Hall–Kier alpha value is -3.53. The van der Waals surface area contributed by atoms with E-state index in [-0.39, 0.29) is 11.3 Å². The Labute approximate surface area is 166 Å². The summed E-state index contributed by atoms with van der Waals surface area (Å²) in [5, 5.41) is 24.5. The highest BCUT2D eigenvalue weighted by Crippen LogP contribution is 2.28. The number of rotatable bonds is 3. The van der Waals surface area contributed by atoms with Crippen molar-refractivity contribution >= 4 is 51.2 Å². The number of carbonyl (C=O) groups excluding carboxylic acids is 3. The molecule has 4 amide bonds. The molecule has 0 aromatic heterocycles. The molecule has 0 unspecified atom stereocenters. The summed E-state index contributed by atoms with van der Waals surface area (Å²) in [5.74, 6) is -2.62. The second-order valence-corrected chi connectivity index (χ2v) is 6.73. The molecule has 10 heteroatoms. The van der Waals surface area contributed by atoms with E-state index in [0.717, 1.165) is 33.1 Å². The highest BCUT2D eigenvalue weighted by atomic mass is 79.9. The lowest BCUT2D eigenvalue weighted by Gasteiger charge is -2.26. The van der Waals surface area contributed by atoms with Gasteiger partial charge in [0, 0.05) is 10.5 Å². The molecule has 0 bridgehead atoms. The van der Waals surface area contributed by atoms with Gasteiger partial charge < -0.3 is 5.11 Å². The Morgan fingerprint density at radius 1 is 1.14 bits per heavy atom. The van der Waals surface area contributed by atoms with E-state index in [1.54, 1.807) is 19.1 Å². The summed E-state index contributed by atoms with van der Waals surface area (Å²) in [4.78, 5) is 48.0. The summed E-state index contributed by atoms with van der Waals surface area (Å²) in [6, 6.07) is 7.03. The van der Waals surface area contributed by atoms with Crippen molar-refractivity contribution in [1.29, 1.82) is 0 Å². The number of nitro groups is 1. The maximum Gasteiger partial charge on any atom is 0.335 e. The standard InChI is InChI=1S/C18H12BrN3O6/c1-9-6-11(3-4-13(9)19)21-17(25)12(16(24)20-18(21)26)7-10-2-5-15(23)14(8-10)22(27)28/h2-8,23H,1H3,(H,20,24,26)/p-1/b12-7+. The third-order valence-corrected chi connectivity index (χ3v) is 4.88. The van der Waals surface area contributed by atoms with Crippen LogP contribution in [0.3, 0.4) is 0 Å². The number of imide groups is 2. The van der Waals surface area contributed by atoms with Crippen molar-refractivity contribution in [2.45, 2.75) is 6.92 Å². The lowest BCUT2D eigenvalue weighted by molar-refractivity contribution is -0.398. The van der Waals surface area contributed by atoms with Gasteiger partial charge in [-0.05, 0) is 48.1 Å². The Morgan fingerprint density at radius 3 is 2.50 bits per heavy atom. The first kappa shape index (κ1) is 19.2. The van der Waals surface area contributed by atoms with Gasteiger partial charge in [0.05, 0.1) is 10.6 Å². The number of urea groups is 1. The van der Waals surface area contributed by atoms with E-state index in [4.69, 9.17) is 0 Å². The van der Waals surface area contributed by atoms with E-state index < -0.39 is 39.8 Å². The van der Waals surface area contributed by atoms with Crippen LogP contribution in [0.15, 0.2) is 46.4 Å². The predicted octanol–water partition coefficient (Wildman–Crippen LogP) is 2.41. The van der Waals surface area contributed by atoms with Crippen LogP contribution in [0.5, 0.6) is 5.75 Å². The van der Waals surface area contributed by atoms with E-state index in [2.05, 4.69) is 21.2 Å². The zero-order valence-electron chi connectivity index (χ0n) is 14.3. The van der Waals surface area contributed by atoms with Crippen LogP contribution < -0.4 is 15.3 Å². The minimum absolute atomic E-state index is 0.103. The molecule has 0 saturated carbocycles. The third-order valence-electron chi connectivity index (χ3n) is 3.99. The lowest BCUT2D eigenvalue weighted by Crippen LogP contribution is -2.54. The molecule has 0 radical (unpaired) electrons. The normalized spacial score (nSPS) is 15.7. The number of anilines is 1. The molecule has 1 fully saturated rings. The van der Waals surface area contributed by atoms with Crippen LogP contribution in [0.2, 0.25) is 0 Å². The molecule has 1 saturated heterocycles. The zero-order chi connectivity index (χ0) is 20.6. The average molecular weight is 445 g/mol. The molecule has 2 aromatic carbocycles. The monoisotopic (exact) mass is 444 g/mol. The fourth-order valence-corrected chi connectivity index (χ4v) is 2.84. The lowest BCUT2D eigenvalue weighted by atomic mass is 10.1. The fraction of sp³-hybridized carbons (Fsp3) is 0.0556. The summed E-state index contributed by atoms with van der Waals surface area (Å²) in [7, 11) is 0. The largest absolute Gasteiger partial charge is 0.868 e. The van der Waals surface area contributed by atoms with Gasteiger partial charge in [0.1, 0.15) is 5.57 Å². The molecule has 0 aliphatic carbocycles. The highest BCUT2D eigenvalue weighted by molar-refractivity contribution is 9.10. The molecular formula is C18H11BrN3O6-. The van der Waals surface area contributed by atoms with E-state index in [1.807, 2.05) is 0 Å². The van der Waals surface area contributed by atoms with Crippen LogP contribution >= 0.6 is 15.9 Å². The van der Waals surface area contributed by atoms with E-state index >= 15 is 0 Å². The Kier molecular flexibility index (Phi) is 4.97. The van der Waals surface area contributed by atoms with Crippen molar-refractivity contribution in [3.05, 3.63) is 67.7 Å². The number of nitrogens with one attached hydrogen (secondary N) is 1. The molecule has 0 atom stereocenters. The first-order chi connectivity index (χ1) is 13.2. The summed E-state index contributed by atoms with van der Waals surface area (Å²) < 4.78 is 0.776. The van der Waals surface area contributed by atoms with Crippen molar-refractivity contribution in [1.82, 2.24) is 5.32 Å². The van der Waals surface area contributed by atoms with Crippen LogP contribution in [-0.2, 0) is 9.59 Å². The maximum absolute atomic E-state index is 12.8. The zero-order valence-corrected chi connectivity index (χ0v) is 15.8. The van der Waals surface area contributed by atoms with Crippen molar-refractivity contribution in [3.8, 4) is 5.75 Å². The molecule has 1 aliphatic rings. The first-order valence-corrected chi connectivity index (χ1v) is 8.61. The fourth-order valence-electron chi connectivity index (χ4n) is 2.59. The SMILES string of the molecule is Cc1cc(N2C(=O)NC(=O)/C(=C\c3ccc([O-])c([N+](=O)[O-])c3)C2=O)ccc1Br. The smallest absolute Gasteiger partial charge is 0.335 e. The number of hydrogen-bond acceptors (Lipinski definition) is 6. The van der Waals surface area contributed by atoms with Crippen LogP contribution in [-0.4, -0.2) is 22.8 Å². The van der Waals surface area contributed by atoms with E-state index in [1.165, 1.54) is 12.1 Å². The number of barbiturate groups is 1. The molecule has 1 heterocycles. The number of nitro benzene ring substituents is 1. The molecule has 0 spiro atoms. The number of halogens is 1. The third kappa shape index (κ3) is 3.49. The number of aryl methyl sites for hydroxylation is 1. The molecule has 1 aliphatic heterocycles. The quantitative estimate of drug-likeness (QED) is 0.334. The van der Waals surface area contributed by atoms with Crippen molar-refractivity contribution in [3.63, 3.8) is 0 Å². The Balaban J connectivity index is 2.05. The van der Waals surface area contributed by atoms with Gasteiger partial charge in [-0.15, -0.1) is 0 Å². The average Bonchev–Trinajstić information content (AvgIpc) is 2.62. The van der Waals surface area contributed by atoms with Crippen molar-refractivity contribution < 1.29 is 24.4 Å². The second-order valence-electron chi connectivity index (χ2n) is 5.88. The Morgan fingerprint density at radius 2 is 1.86 bits per heavy atom. The van der Waals surface area contributed by atoms with Gasteiger partial charge in [-0.3, -0.25) is 25.0 Å². The molecule has 3 rings (SSSR count).